The van der Waals surface area contributed by atoms with Crippen molar-refractivity contribution < 1.29 is 13.2 Å². The van der Waals surface area contributed by atoms with Crippen molar-refractivity contribution in [1.29, 1.82) is 5.41 Å². The number of benzene rings is 1. The fourth-order valence-electron chi connectivity index (χ4n) is 1.39. The van der Waals surface area contributed by atoms with Crippen molar-refractivity contribution in [3.8, 4) is 5.75 Å². The van der Waals surface area contributed by atoms with Gasteiger partial charge in [-0.25, -0.2) is 8.42 Å². The average molecular weight is 305 g/mol. The Labute approximate surface area is 118 Å². The summed E-state index contributed by atoms with van der Waals surface area (Å²) in [6.07, 6.45) is 0.418. The quantitative estimate of drug-likeness (QED) is 0.456. The molecule has 0 atom stereocenters. The van der Waals surface area contributed by atoms with Crippen LogP contribution >= 0.6 is 11.6 Å². The number of amidine groups is 1. The van der Waals surface area contributed by atoms with Crippen LogP contribution in [0.15, 0.2) is 18.2 Å². The van der Waals surface area contributed by atoms with Crippen LogP contribution in [0.25, 0.3) is 0 Å². The molecule has 0 aromatic heterocycles. The second-order valence-electron chi connectivity index (χ2n) is 4.00. The van der Waals surface area contributed by atoms with Crippen LogP contribution in [0, 0.1) is 5.41 Å². The number of ether oxygens (including phenoxy) is 1. The Morgan fingerprint density at radius 2 is 2.16 bits per heavy atom. The monoisotopic (exact) mass is 304 g/mol. The van der Waals surface area contributed by atoms with Crippen LogP contribution in [0.3, 0.4) is 0 Å². The summed E-state index contributed by atoms with van der Waals surface area (Å²) in [6.45, 7) is 1.89. The van der Waals surface area contributed by atoms with E-state index in [0.717, 1.165) is 0 Å². The van der Waals surface area contributed by atoms with Gasteiger partial charge in [0.1, 0.15) is 21.4 Å². The summed E-state index contributed by atoms with van der Waals surface area (Å²) in [5.74, 6) is 0.635. The lowest BCUT2D eigenvalue weighted by molar-refractivity contribution is 0.318. The molecule has 3 N–H and O–H groups in total. The third-order valence-electron chi connectivity index (χ3n) is 2.54. The normalized spacial score (nSPS) is 11.3. The van der Waals surface area contributed by atoms with E-state index in [2.05, 4.69) is 0 Å². The number of nitrogens with one attached hydrogen (secondary N) is 1. The Balaban J connectivity index is 2.53. The number of sulfone groups is 1. The molecule has 19 heavy (non-hydrogen) atoms. The molecule has 0 aliphatic heterocycles. The van der Waals surface area contributed by atoms with Gasteiger partial charge in [-0.2, -0.15) is 0 Å². The molecule has 5 nitrogen and oxygen atoms in total. The molecule has 0 fully saturated rings. The summed E-state index contributed by atoms with van der Waals surface area (Å²) in [7, 11) is -2.96. The topological polar surface area (TPSA) is 93.2 Å². The van der Waals surface area contributed by atoms with E-state index in [-0.39, 0.29) is 23.9 Å². The highest BCUT2D eigenvalue weighted by atomic mass is 35.5. The molecule has 0 radical (unpaired) electrons. The maximum Gasteiger partial charge on any atom is 0.150 e. The van der Waals surface area contributed by atoms with E-state index in [1.807, 2.05) is 0 Å². The van der Waals surface area contributed by atoms with Crippen LogP contribution in [0.4, 0.5) is 0 Å². The van der Waals surface area contributed by atoms with E-state index in [4.69, 9.17) is 27.5 Å². The first kappa shape index (κ1) is 15.8. The summed E-state index contributed by atoms with van der Waals surface area (Å²) < 4.78 is 28.0. The number of hydrogen-bond acceptors (Lipinski definition) is 4. The van der Waals surface area contributed by atoms with Crippen LogP contribution in [-0.4, -0.2) is 32.4 Å². The van der Waals surface area contributed by atoms with Gasteiger partial charge in [0.15, 0.2) is 0 Å². The second-order valence-corrected chi connectivity index (χ2v) is 6.88. The van der Waals surface area contributed by atoms with Gasteiger partial charge in [0.05, 0.1) is 17.4 Å². The highest BCUT2D eigenvalue weighted by Crippen LogP contribution is 2.25. The molecule has 7 heteroatoms. The third-order valence-corrected chi connectivity index (χ3v) is 4.63. The first-order valence-corrected chi connectivity index (χ1v) is 8.03. The average Bonchev–Trinajstić information content (AvgIpc) is 2.36. The Kier molecular flexibility index (Phi) is 5.62. The molecular formula is C12H17ClN2O3S. The number of hydrogen-bond donors (Lipinski definition) is 2. The van der Waals surface area contributed by atoms with Crippen LogP contribution in [0.5, 0.6) is 5.75 Å². The lowest BCUT2D eigenvalue weighted by Crippen LogP contribution is -2.12. The van der Waals surface area contributed by atoms with Crippen molar-refractivity contribution in [3.63, 3.8) is 0 Å². The molecule has 0 bridgehead atoms. The molecule has 106 valence electrons. The van der Waals surface area contributed by atoms with Crippen LogP contribution in [0.2, 0.25) is 5.02 Å². The molecule has 0 aliphatic carbocycles. The molecule has 0 saturated heterocycles. The van der Waals surface area contributed by atoms with E-state index in [9.17, 15) is 8.42 Å². The highest BCUT2D eigenvalue weighted by molar-refractivity contribution is 7.91. The molecule has 1 aromatic rings. The van der Waals surface area contributed by atoms with Gasteiger partial charge >= 0.3 is 0 Å². The molecule has 0 unspecified atom stereocenters. The summed E-state index contributed by atoms with van der Waals surface area (Å²) in [5, 5.41) is 7.62. The standard InChI is InChI=1S/C12H17ClN2O3S/c1-2-19(16,17)7-3-6-18-11-5-4-9(12(14)15)8-10(11)13/h4-5,8H,2-3,6-7H2,1H3,(H3,14,15). The molecular weight excluding hydrogens is 288 g/mol. The lowest BCUT2D eigenvalue weighted by Gasteiger charge is -2.09. The molecule has 0 heterocycles. The maximum atomic E-state index is 11.3. The molecule has 0 aliphatic rings. The molecule has 1 rings (SSSR count). The summed E-state index contributed by atoms with van der Waals surface area (Å²) in [6, 6.07) is 4.79. The van der Waals surface area contributed by atoms with Gasteiger partial charge in [-0.15, -0.1) is 0 Å². The van der Waals surface area contributed by atoms with Crippen molar-refractivity contribution in [3.05, 3.63) is 28.8 Å². The minimum atomic E-state index is -2.96. The Bertz CT molecular complexity index is 558. The van der Waals surface area contributed by atoms with Gasteiger partial charge in [0.2, 0.25) is 0 Å². The number of rotatable bonds is 7. The highest BCUT2D eigenvalue weighted by Gasteiger charge is 2.08. The van der Waals surface area contributed by atoms with Gasteiger partial charge in [-0.05, 0) is 24.6 Å². The minimum absolute atomic E-state index is 0.0671. The van der Waals surface area contributed by atoms with Crippen LogP contribution in [0.1, 0.15) is 18.9 Å². The zero-order chi connectivity index (χ0) is 14.5. The van der Waals surface area contributed by atoms with E-state index < -0.39 is 9.84 Å². The van der Waals surface area contributed by atoms with Crippen molar-refractivity contribution >= 4 is 27.3 Å². The van der Waals surface area contributed by atoms with Crippen molar-refractivity contribution in [2.75, 3.05) is 18.1 Å². The third kappa shape index (κ3) is 5.08. The van der Waals surface area contributed by atoms with E-state index in [0.29, 0.717) is 22.8 Å². The Hall–Kier alpha value is -1.27. The first-order chi connectivity index (χ1) is 8.85. The summed E-state index contributed by atoms with van der Waals surface area (Å²) in [5.41, 5.74) is 5.85. The van der Waals surface area contributed by atoms with E-state index in [1.54, 1.807) is 25.1 Å². The molecule has 0 saturated carbocycles. The maximum absolute atomic E-state index is 11.3. The van der Waals surface area contributed by atoms with Crippen molar-refractivity contribution in [2.24, 2.45) is 5.73 Å². The number of nitrogens with two attached hydrogens (primary N) is 1. The van der Waals surface area contributed by atoms with Gasteiger partial charge in [0.25, 0.3) is 0 Å². The first-order valence-electron chi connectivity index (χ1n) is 5.83. The van der Waals surface area contributed by atoms with Crippen molar-refractivity contribution in [2.45, 2.75) is 13.3 Å². The van der Waals surface area contributed by atoms with Gasteiger partial charge in [-0.3, -0.25) is 5.41 Å². The van der Waals surface area contributed by atoms with Crippen LogP contribution < -0.4 is 10.5 Å². The smallest absolute Gasteiger partial charge is 0.150 e. The zero-order valence-electron chi connectivity index (χ0n) is 10.6. The number of halogens is 1. The van der Waals surface area contributed by atoms with Gasteiger partial charge in [0, 0.05) is 11.3 Å². The second kappa shape index (κ2) is 6.77. The predicted octanol–water partition coefficient (Wildman–Crippen LogP) is 1.83. The minimum Gasteiger partial charge on any atom is -0.492 e. The lowest BCUT2D eigenvalue weighted by atomic mass is 10.2. The SMILES string of the molecule is CCS(=O)(=O)CCCOc1ccc(C(=N)N)cc1Cl. The summed E-state index contributed by atoms with van der Waals surface area (Å²) in [4.78, 5) is 0. The summed E-state index contributed by atoms with van der Waals surface area (Å²) >= 11 is 5.97. The molecule has 0 spiro atoms. The molecule has 1 aromatic carbocycles. The fraction of sp³-hybridized carbons (Fsp3) is 0.417. The fourth-order valence-corrected chi connectivity index (χ4v) is 2.47. The van der Waals surface area contributed by atoms with E-state index in [1.165, 1.54) is 0 Å². The number of nitrogen functional groups attached to an aromatic ring is 1. The largest absolute Gasteiger partial charge is 0.492 e. The van der Waals surface area contributed by atoms with Gasteiger partial charge in [-0.1, -0.05) is 18.5 Å². The van der Waals surface area contributed by atoms with Gasteiger partial charge < -0.3 is 10.5 Å². The Morgan fingerprint density at radius 1 is 1.47 bits per heavy atom. The van der Waals surface area contributed by atoms with Crippen molar-refractivity contribution in [1.82, 2.24) is 0 Å². The zero-order valence-corrected chi connectivity index (χ0v) is 12.2. The van der Waals surface area contributed by atoms with Crippen LogP contribution in [-0.2, 0) is 9.84 Å². The van der Waals surface area contributed by atoms with E-state index >= 15 is 0 Å². The predicted molar refractivity (Wildman–Crippen MR) is 76.9 cm³/mol. The Morgan fingerprint density at radius 3 is 2.68 bits per heavy atom. The molecule has 0 amide bonds.